The smallest absolute Gasteiger partial charge is 0.120 e. The monoisotopic (exact) mass is 810 g/mol. The fourth-order valence-electron chi connectivity index (χ4n) is 6.75. The van der Waals surface area contributed by atoms with Gasteiger partial charge in [0, 0.05) is 41.9 Å². The maximum absolute atomic E-state index is 6.23. The molecule has 0 fully saturated rings. The Labute approximate surface area is 350 Å². The van der Waals surface area contributed by atoms with Gasteiger partial charge in [-0.25, -0.2) is 9.97 Å². The number of benzene rings is 2. The molecule has 310 valence electrons. The topological polar surface area (TPSA) is 131 Å². The lowest BCUT2D eigenvalue weighted by molar-refractivity contribution is 0.0180. The van der Waals surface area contributed by atoms with Gasteiger partial charge in [0.1, 0.15) is 24.7 Å². The third kappa shape index (κ3) is 11.2. The van der Waals surface area contributed by atoms with Crippen LogP contribution in [-0.4, -0.2) is 113 Å². The van der Waals surface area contributed by atoms with Crippen LogP contribution in [0, 0.1) is 12.3 Å². The molecule has 60 heavy (non-hydrogen) atoms. The zero-order chi connectivity index (χ0) is 41.4. The average Bonchev–Trinajstić information content (AvgIpc) is 4.11. The number of hydrogen-bond donors (Lipinski definition) is 2. The lowest BCUT2D eigenvalue weighted by Crippen LogP contribution is -2.12. The van der Waals surface area contributed by atoms with Crippen LogP contribution in [0.1, 0.15) is 28.3 Å². The SMILES string of the molecule is C#Cc1c2nc(c(-c3cccc(OCCOCCOCCOC)c3)c3ccc(cc4nc(c(-c5cccc(OCCOCCOCCOC)c5)c5ccc1[nH]5)C=C4)[nH]3)C=C2. The van der Waals surface area contributed by atoms with Crippen LogP contribution >= 0.6 is 0 Å². The first-order valence-electron chi connectivity index (χ1n) is 20.0. The predicted molar refractivity (Wildman–Crippen MR) is 236 cm³/mol. The van der Waals surface area contributed by atoms with Crippen molar-refractivity contribution in [3.05, 3.63) is 107 Å². The molecule has 0 saturated carbocycles. The molecule has 2 N–H and O–H groups in total. The standard InChI is InChI=1S/C48H50N4O8/c1-4-40-41-15-17-45(51-41)47(34-7-5-9-38(31-34)59-29-27-57-25-23-55-21-19-53-2)43-13-11-36(49-43)33-37-12-14-44(50-37)48(46-18-16-42(40)52-46)35-8-6-10-39(32-35)60-30-28-58-26-24-56-22-20-54-3/h1,5-18,31-33,49,52H,19-30H2,2-3H3. The average molecular weight is 811 g/mol. The van der Waals surface area contributed by atoms with Gasteiger partial charge in [0.2, 0.25) is 0 Å². The minimum Gasteiger partial charge on any atom is -0.491 e. The highest BCUT2D eigenvalue weighted by molar-refractivity contribution is 5.94. The summed E-state index contributed by atoms with van der Waals surface area (Å²) in [6.07, 6.45) is 14.2. The first-order valence-corrected chi connectivity index (χ1v) is 20.0. The number of aromatic nitrogens is 4. The Morgan fingerprint density at radius 3 is 1.60 bits per heavy atom. The van der Waals surface area contributed by atoms with Gasteiger partial charge < -0.3 is 47.9 Å². The number of nitrogens with one attached hydrogen (secondary N) is 2. The molecule has 2 aromatic carbocycles. The maximum Gasteiger partial charge on any atom is 0.120 e. The minimum absolute atomic E-state index is 0.394. The molecule has 0 unspecified atom stereocenters. The number of nitrogens with zero attached hydrogens (tertiary/aromatic N) is 2. The Morgan fingerprint density at radius 1 is 0.500 bits per heavy atom. The zero-order valence-electron chi connectivity index (χ0n) is 34.0. The van der Waals surface area contributed by atoms with Crippen molar-refractivity contribution in [3.63, 3.8) is 0 Å². The van der Waals surface area contributed by atoms with E-state index in [9.17, 15) is 0 Å². The van der Waals surface area contributed by atoms with E-state index in [1.165, 1.54) is 0 Å². The van der Waals surface area contributed by atoms with Gasteiger partial charge in [-0.1, -0.05) is 30.2 Å². The first kappa shape index (κ1) is 42.1. The number of fused-ring (bicyclic) bond motifs is 8. The van der Waals surface area contributed by atoms with Crippen LogP contribution in [0.25, 0.3) is 68.6 Å². The number of rotatable bonds is 22. The van der Waals surface area contributed by atoms with Crippen LogP contribution in [0.2, 0.25) is 0 Å². The van der Waals surface area contributed by atoms with Crippen molar-refractivity contribution in [2.24, 2.45) is 0 Å². The molecule has 12 nitrogen and oxygen atoms in total. The van der Waals surface area contributed by atoms with Crippen LogP contribution in [0.5, 0.6) is 11.5 Å². The summed E-state index contributed by atoms with van der Waals surface area (Å²) in [6, 6.07) is 26.1. The molecular weight excluding hydrogens is 761 g/mol. The predicted octanol–water partition coefficient (Wildman–Crippen LogP) is 8.09. The summed E-state index contributed by atoms with van der Waals surface area (Å²) in [5.74, 6) is 4.34. The molecule has 0 spiro atoms. The number of methoxy groups -OCH3 is 2. The molecule has 0 radical (unpaired) electrons. The van der Waals surface area contributed by atoms with Gasteiger partial charge in [0.05, 0.1) is 99.9 Å². The molecular formula is C48H50N4O8. The first-order chi connectivity index (χ1) is 29.6. The van der Waals surface area contributed by atoms with Gasteiger partial charge in [0.25, 0.3) is 0 Å². The Bertz CT molecular complexity index is 2420. The molecule has 2 aliphatic rings. The van der Waals surface area contributed by atoms with Gasteiger partial charge in [-0.3, -0.25) is 0 Å². The van der Waals surface area contributed by atoms with E-state index in [4.69, 9.17) is 54.3 Å². The van der Waals surface area contributed by atoms with Crippen molar-refractivity contribution in [1.29, 1.82) is 0 Å². The second-order valence-corrected chi connectivity index (χ2v) is 13.7. The fraction of sp³-hybridized carbons (Fsp3) is 0.292. The molecule has 5 aromatic rings. The lowest BCUT2D eigenvalue weighted by atomic mass is 10.0. The Hall–Kier alpha value is -6.04. The van der Waals surface area contributed by atoms with Crippen LogP contribution in [-0.2, 0) is 28.4 Å². The van der Waals surface area contributed by atoms with Crippen LogP contribution < -0.4 is 9.47 Å². The van der Waals surface area contributed by atoms with Crippen molar-refractivity contribution in [1.82, 2.24) is 19.9 Å². The Kier molecular flexibility index (Phi) is 15.3. The minimum atomic E-state index is 0.394. The van der Waals surface area contributed by atoms with Crippen molar-refractivity contribution in [3.8, 4) is 46.1 Å². The van der Waals surface area contributed by atoms with Gasteiger partial charge in [-0.2, -0.15) is 0 Å². The molecule has 0 atom stereocenters. The maximum atomic E-state index is 6.23. The van der Waals surface area contributed by atoms with E-state index in [-0.39, 0.29) is 0 Å². The number of aromatic amines is 2. The van der Waals surface area contributed by atoms with Crippen molar-refractivity contribution in [2.45, 2.75) is 0 Å². The fourth-order valence-corrected chi connectivity index (χ4v) is 6.75. The summed E-state index contributed by atoms with van der Waals surface area (Å²) < 4.78 is 44.5. The molecule has 2 aliphatic heterocycles. The summed E-state index contributed by atoms with van der Waals surface area (Å²) >= 11 is 0. The highest BCUT2D eigenvalue weighted by atomic mass is 16.6. The highest BCUT2D eigenvalue weighted by Gasteiger charge is 2.16. The second-order valence-electron chi connectivity index (χ2n) is 13.7. The van der Waals surface area contributed by atoms with E-state index in [0.29, 0.717) is 102 Å². The third-order valence-corrected chi connectivity index (χ3v) is 9.57. The summed E-state index contributed by atoms with van der Waals surface area (Å²) in [7, 11) is 3.30. The molecule has 0 amide bonds. The number of H-pyrrole nitrogens is 2. The number of hydrogen-bond acceptors (Lipinski definition) is 10. The van der Waals surface area contributed by atoms with Crippen LogP contribution in [0.3, 0.4) is 0 Å². The van der Waals surface area contributed by atoms with E-state index < -0.39 is 0 Å². The molecule has 5 heterocycles. The van der Waals surface area contributed by atoms with Crippen LogP contribution in [0.4, 0.5) is 0 Å². The van der Waals surface area contributed by atoms with Gasteiger partial charge in [-0.15, -0.1) is 6.42 Å². The van der Waals surface area contributed by atoms with E-state index in [1.54, 1.807) is 14.2 Å². The van der Waals surface area contributed by atoms with E-state index in [2.05, 4.69) is 34.1 Å². The summed E-state index contributed by atoms with van der Waals surface area (Å²) in [6.45, 7) is 5.84. The molecule has 12 heteroatoms. The quantitative estimate of drug-likeness (QED) is 0.0512. The van der Waals surface area contributed by atoms with Gasteiger partial charge in [0.15, 0.2) is 0 Å². The van der Waals surface area contributed by atoms with Crippen LogP contribution in [0.15, 0.2) is 78.9 Å². The Balaban J connectivity index is 1.19. The zero-order valence-corrected chi connectivity index (χ0v) is 34.0. The third-order valence-electron chi connectivity index (χ3n) is 9.57. The van der Waals surface area contributed by atoms with Crippen molar-refractivity contribution >= 4 is 46.4 Å². The lowest BCUT2D eigenvalue weighted by Gasteiger charge is -2.10. The summed E-state index contributed by atoms with van der Waals surface area (Å²) in [5.41, 5.74) is 10.7. The van der Waals surface area contributed by atoms with Gasteiger partial charge in [-0.05, 0) is 90.0 Å². The molecule has 0 aliphatic carbocycles. The van der Waals surface area contributed by atoms with E-state index in [0.717, 1.165) is 61.4 Å². The van der Waals surface area contributed by atoms with Crippen molar-refractivity contribution in [2.75, 3.05) is 93.5 Å². The molecule has 7 rings (SSSR count). The molecule has 8 bridgehead atoms. The van der Waals surface area contributed by atoms with Crippen molar-refractivity contribution < 1.29 is 37.9 Å². The Morgan fingerprint density at radius 2 is 1.00 bits per heavy atom. The second kappa shape index (κ2) is 21.8. The van der Waals surface area contributed by atoms with E-state index in [1.807, 2.05) is 85.0 Å². The normalized spacial score (nSPS) is 11.9. The number of ether oxygens (including phenoxy) is 8. The summed E-state index contributed by atoms with van der Waals surface area (Å²) in [5, 5.41) is 0. The van der Waals surface area contributed by atoms with Gasteiger partial charge >= 0.3 is 0 Å². The van der Waals surface area contributed by atoms with E-state index >= 15 is 0 Å². The largest absolute Gasteiger partial charge is 0.491 e. The number of terminal acetylenes is 1. The molecule has 3 aromatic heterocycles. The summed E-state index contributed by atoms with van der Waals surface area (Å²) in [4.78, 5) is 17.4. The highest BCUT2D eigenvalue weighted by Crippen LogP contribution is 2.35. The molecule has 0 saturated heterocycles.